The van der Waals surface area contributed by atoms with Crippen LogP contribution < -0.4 is 0 Å². The first kappa shape index (κ1) is 18.3. The van der Waals surface area contributed by atoms with Crippen molar-refractivity contribution in [3.05, 3.63) is 28.7 Å². The summed E-state index contributed by atoms with van der Waals surface area (Å²) in [5.41, 5.74) is 0.501. The first-order valence-electron chi connectivity index (χ1n) is 7.28. The summed E-state index contributed by atoms with van der Waals surface area (Å²) in [5.74, 6) is -2.37. The molecule has 1 heterocycles. The molecule has 0 bridgehead atoms. The van der Waals surface area contributed by atoms with Crippen LogP contribution in [0.3, 0.4) is 0 Å². The highest BCUT2D eigenvalue weighted by molar-refractivity contribution is 8.26. The number of thioether (sulfide) groups is 1. The fourth-order valence-corrected chi connectivity index (χ4v) is 3.66. The van der Waals surface area contributed by atoms with Gasteiger partial charge in [-0.15, -0.1) is 0 Å². The summed E-state index contributed by atoms with van der Waals surface area (Å²) in [7, 11) is 0. The van der Waals surface area contributed by atoms with Crippen molar-refractivity contribution in [1.29, 1.82) is 0 Å². The molecule has 0 saturated carbocycles. The van der Waals surface area contributed by atoms with Crippen molar-refractivity contribution in [3.63, 3.8) is 0 Å². The summed E-state index contributed by atoms with van der Waals surface area (Å²) in [5, 5.41) is 28.3. The second kappa shape index (κ2) is 7.23. The SMILES string of the molecule is CCC(C)C(C(=O)O)N1C(=O)/C(=C/c2ccc(O)c(O)c2)SC1=S. The van der Waals surface area contributed by atoms with Gasteiger partial charge in [0.15, 0.2) is 11.5 Å². The van der Waals surface area contributed by atoms with Crippen LogP contribution in [0.1, 0.15) is 25.8 Å². The van der Waals surface area contributed by atoms with Gasteiger partial charge in [0.05, 0.1) is 4.91 Å². The Kier molecular flexibility index (Phi) is 5.51. The number of amides is 1. The Hall–Kier alpha value is -2.06. The standard InChI is InChI=1S/C16H17NO5S2/c1-3-8(2)13(15(21)22)17-14(20)12(24-16(17)23)7-9-4-5-10(18)11(19)6-9/h4-8,13,18-19H,3H2,1-2H3,(H,21,22)/b12-7-. The lowest BCUT2D eigenvalue weighted by molar-refractivity contribution is -0.147. The molecule has 1 amide bonds. The average molecular weight is 367 g/mol. The fourth-order valence-electron chi connectivity index (χ4n) is 2.33. The van der Waals surface area contributed by atoms with E-state index >= 15 is 0 Å². The molecule has 3 N–H and O–H groups in total. The Morgan fingerprint density at radius 2 is 2.04 bits per heavy atom. The van der Waals surface area contributed by atoms with Crippen LogP contribution in [-0.4, -0.2) is 42.5 Å². The van der Waals surface area contributed by atoms with Gasteiger partial charge in [-0.3, -0.25) is 9.69 Å². The van der Waals surface area contributed by atoms with Crippen molar-refractivity contribution in [2.75, 3.05) is 0 Å². The number of carboxylic acid groups (broad SMARTS) is 1. The van der Waals surface area contributed by atoms with Crippen LogP contribution in [0.5, 0.6) is 11.5 Å². The highest BCUT2D eigenvalue weighted by atomic mass is 32.2. The van der Waals surface area contributed by atoms with E-state index in [1.165, 1.54) is 24.3 Å². The normalized spacial score (nSPS) is 18.9. The van der Waals surface area contributed by atoms with Gasteiger partial charge in [-0.05, 0) is 29.7 Å². The van der Waals surface area contributed by atoms with Crippen LogP contribution in [-0.2, 0) is 9.59 Å². The smallest absolute Gasteiger partial charge is 0.327 e. The lowest BCUT2D eigenvalue weighted by Crippen LogP contribution is -2.47. The van der Waals surface area contributed by atoms with Gasteiger partial charge in [0, 0.05) is 0 Å². The number of carbonyl (C=O) groups excluding carboxylic acids is 1. The minimum Gasteiger partial charge on any atom is -0.504 e. The number of carbonyl (C=O) groups is 2. The number of aliphatic carboxylic acids is 1. The van der Waals surface area contributed by atoms with E-state index in [9.17, 15) is 24.9 Å². The molecule has 24 heavy (non-hydrogen) atoms. The average Bonchev–Trinajstić information content (AvgIpc) is 2.78. The molecule has 1 aromatic rings. The summed E-state index contributed by atoms with van der Waals surface area (Å²) in [6, 6.07) is 3.14. The minimum atomic E-state index is -1.09. The van der Waals surface area contributed by atoms with Gasteiger partial charge in [0.1, 0.15) is 10.4 Å². The Bertz CT molecular complexity index is 731. The molecule has 1 saturated heterocycles. The number of carboxylic acids is 1. The van der Waals surface area contributed by atoms with Crippen LogP contribution >= 0.6 is 24.0 Å². The first-order chi connectivity index (χ1) is 11.3. The highest BCUT2D eigenvalue weighted by Crippen LogP contribution is 2.36. The van der Waals surface area contributed by atoms with Crippen molar-refractivity contribution in [1.82, 2.24) is 4.90 Å². The van der Waals surface area contributed by atoms with Gasteiger partial charge in [0.25, 0.3) is 5.91 Å². The van der Waals surface area contributed by atoms with Crippen LogP contribution in [0.25, 0.3) is 6.08 Å². The summed E-state index contributed by atoms with van der Waals surface area (Å²) in [6.45, 7) is 3.62. The van der Waals surface area contributed by atoms with Crippen molar-refractivity contribution < 1.29 is 24.9 Å². The van der Waals surface area contributed by atoms with Gasteiger partial charge < -0.3 is 15.3 Å². The van der Waals surface area contributed by atoms with Crippen molar-refractivity contribution >= 4 is 46.3 Å². The lowest BCUT2D eigenvalue weighted by Gasteiger charge is -2.27. The molecular weight excluding hydrogens is 350 g/mol. The zero-order chi connectivity index (χ0) is 18.0. The predicted octanol–water partition coefficient (Wildman–Crippen LogP) is 2.80. The summed E-state index contributed by atoms with van der Waals surface area (Å²) in [6.07, 6.45) is 2.10. The molecule has 2 unspecified atom stereocenters. The number of aromatic hydroxyl groups is 2. The Morgan fingerprint density at radius 3 is 2.58 bits per heavy atom. The van der Waals surface area contributed by atoms with Crippen LogP contribution in [0.4, 0.5) is 0 Å². The number of benzene rings is 1. The van der Waals surface area contributed by atoms with E-state index in [1.807, 2.05) is 6.92 Å². The summed E-state index contributed by atoms with van der Waals surface area (Å²) in [4.78, 5) is 25.6. The number of thiocarbonyl (C=S) groups is 1. The van der Waals surface area contributed by atoms with Crippen molar-refractivity contribution in [2.24, 2.45) is 5.92 Å². The third-order valence-electron chi connectivity index (χ3n) is 3.83. The molecule has 0 radical (unpaired) electrons. The van der Waals surface area contributed by atoms with Crippen LogP contribution in [0.15, 0.2) is 23.1 Å². The number of hydrogen-bond acceptors (Lipinski definition) is 6. The number of phenols is 2. The highest BCUT2D eigenvalue weighted by Gasteiger charge is 2.42. The first-order valence-corrected chi connectivity index (χ1v) is 8.50. The molecule has 6 nitrogen and oxygen atoms in total. The number of rotatable bonds is 5. The van der Waals surface area contributed by atoms with Crippen molar-refractivity contribution in [3.8, 4) is 11.5 Å². The number of hydrogen-bond donors (Lipinski definition) is 3. The molecule has 1 aliphatic heterocycles. The molecule has 0 aromatic heterocycles. The Balaban J connectivity index is 2.35. The molecule has 128 valence electrons. The molecule has 1 aliphatic rings. The molecule has 1 fully saturated rings. The van der Waals surface area contributed by atoms with Crippen LogP contribution in [0, 0.1) is 5.92 Å². The lowest BCUT2D eigenvalue weighted by atomic mass is 9.98. The third kappa shape index (κ3) is 3.54. The Morgan fingerprint density at radius 1 is 1.38 bits per heavy atom. The maximum absolute atomic E-state index is 12.6. The third-order valence-corrected chi connectivity index (χ3v) is 5.17. The second-order valence-electron chi connectivity index (χ2n) is 5.47. The quantitative estimate of drug-likeness (QED) is 0.418. The van der Waals surface area contributed by atoms with Gasteiger partial charge in [0.2, 0.25) is 0 Å². The topological polar surface area (TPSA) is 98.1 Å². The van der Waals surface area contributed by atoms with Gasteiger partial charge in [-0.25, -0.2) is 4.79 Å². The fraction of sp³-hybridized carbons (Fsp3) is 0.312. The van der Waals surface area contributed by atoms with Gasteiger partial charge >= 0.3 is 5.97 Å². The Labute approximate surface area is 148 Å². The number of phenolic OH excluding ortho intramolecular Hbond substituents is 2. The largest absolute Gasteiger partial charge is 0.504 e. The zero-order valence-corrected chi connectivity index (χ0v) is 14.7. The van der Waals surface area contributed by atoms with Crippen molar-refractivity contribution in [2.45, 2.75) is 26.3 Å². The predicted molar refractivity (Wildman–Crippen MR) is 95.7 cm³/mol. The molecule has 1 aromatic carbocycles. The monoisotopic (exact) mass is 367 g/mol. The van der Waals surface area contributed by atoms with E-state index in [2.05, 4.69) is 0 Å². The molecule has 0 spiro atoms. The van der Waals surface area contributed by atoms with Gasteiger partial charge in [-0.2, -0.15) is 0 Å². The zero-order valence-electron chi connectivity index (χ0n) is 13.1. The summed E-state index contributed by atoms with van der Waals surface area (Å²) >= 11 is 6.22. The van der Waals surface area contributed by atoms with E-state index in [-0.39, 0.29) is 26.6 Å². The minimum absolute atomic E-state index is 0.196. The summed E-state index contributed by atoms with van der Waals surface area (Å²) < 4.78 is 0.196. The van der Waals surface area contributed by atoms with E-state index in [4.69, 9.17) is 12.2 Å². The van der Waals surface area contributed by atoms with E-state index in [0.29, 0.717) is 12.0 Å². The van der Waals surface area contributed by atoms with Crippen LogP contribution in [0.2, 0.25) is 0 Å². The number of nitrogens with zero attached hydrogens (tertiary/aromatic N) is 1. The van der Waals surface area contributed by atoms with E-state index < -0.39 is 17.9 Å². The van der Waals surface area contributed by atoms with Gasteiger partial charge in [-0.1, -0.05) is 50.3 Å². The maximum Gasteiger partial charge on any atom is 0.327 e. The van der Waals surface area contributed by atoms with E-state index in [0.717, 1.165) is 16.7 Å². The molecule has 8 heteroatoms. The molecule has 0 aliphatic carbocycles. The molecule has 2 atom stereocenters. The molecule has 2 rings (SSSR count). The second-order valence-corrected chi connectivity index (χ2v) is 7.14. The molecular formula is C16H17NO5S2. The van der Waals surface area contributed by atoms with E-state index in [1.54, 1.807) is 6.92 Å². The maximum atomic E-state index is 12.6.